The van der Waals surface area contributed by atoms with E-state index in [4.69, 9.17) is 9.84 Å². The number of pyridine rings is 3. The van der Waals surface area contributed by atoms with Crippen molar-refractivity contribution in [1.29, 1.82) is 0 Å². The van der Waals surface area contributed by atoms with Gasteiger partial charge in [0, 0.05) is 152 Å². The molecule has 6 fully saturated rings. The molecule has 3 aliphatic carbocycles. The first kappa shape index (κ1) is 108. The number of amides is 8. The van der Waals surface area contributed by atoms with Gasteiger partial charge in [-0.2, -0.15) is 10.2 Å². The van der Waals surface area contributed by atoms with Crippen LogP contribution in [-0.2, 0) is 75.4 Å². The number of fused-ring (bicyclic) bond motifs is 8. The molecule has 6 bridgehead atoms. The number of anilines is 3. The van der Waals surface area contributed by atoms with Crippen LogP contribution in [0, 0.1) is 30.1 Å². The molecule has 5 N–H and O–H groups in total. The van der Waals surface area contributed by atoms with Gasteiger partial charge in [0.15, 0.2) is 11.6 Å². The molecule has 0 unspecified atom stereocenters. The number of hydrogen-bond donors (Lipinski definition) is 5. The van der Waals surface area contributed by atoms with E-state index in [-0.39, 0.29) is 173 Å². The SMILES string of the molecule is C.C.C.C.CC(=O)c1nn(CC(=O)N2[C@H]3C[C@@]4(C=CCCCCN(C)C(=O)Cc5ccc(Br)nc5NC3=O)C[C@@H]24)c2ccc(-c3cnc(C)nc3)cc12.CC(=O)c1nn(CC(=O)O)c2ccc(-c3cnc(C)nc3)cc12.CN1CCCCC=C[C@@]23C[C@@H](C(=O)Nc4nc(Br)ccc4CC1=O)N(C(=O)OC(C)(C)C)[C@@H]2C3.CN1CCCCC=C[C@@]23C[C@H](N[C@@H]2C3)C(=O)Nc2nc(Br)ccc2CC1=O.Cl. The molecule has 7 aromatic heterocycles. The molecule has 736 valence electrons. The maximum absolute atomic E-state index is 14.3. The molecule has 6 aliphatic heterocycles. The van der Waals surface area contributed by atoms with Gasteiger partial charge >= 0.3 is 12.1 Å². The van der Waals surface area contributed by atoms with Crippen molar-refractivity contribution in [2.45, 2.75) is 249 Å². The predicted molar refractivity (Wildman–Crippen MR) is 543 cm³/mol. The molecule has 138 heavy (non-hydrogen) atoms. The number of Topliss-reactive ketones (excluding diaryl/α,β-unsaturated/α-hetero) is 2. The van der Waals surface area contributed by atoms with E-state index in [0.717, 1.165) is 118 Å². The van der Waals surface area contributed by atoms with Crippen LogP contribution in [-0.4, -0.2) is 232 Å². The lowest BCUT2D eigenvalue weighted by molar-refractivity contribution is -0.138. The molecule has 13 heterocycles. The number of likely N-dealkylation sites (tertiary alicyclic amines) is 2. The summed E-state index contributed by atoms with van der Waals surface area (Å²) in [5, 5.41) is 31.2. The van der Waals surface area contributed by atoms with E-state index < -0.39 is 29.7 Å². The Balaban J connectivity index is 0.000000195. The molecule has 8 amide bonds. The van der Waals surface area contributed by atoms with Crippen LogP contribution in [0.5, 0.6) is 0 Å². The molecule has 3 spiro atoms. The van der Waals surface area contributed by atoms with Crippen molar-refractivity contribution in [1.82, 2.24) is 84.3 Å². The van der Waals surface area contributed by atoms with Crippen LogP contribution < -0.4 is 21.3 Å². The largest absolute Gasteiger partial charge is 0.480 e. The highest BCUT2D eigenvalue weighted by Gasteiger charge is 2.68. The summed E-state index contributed by atoms with van der Waals surface area (Å²) >= 11 is 10.1. The van der Waals surface area contributed by atoms with E-state index >= 15 is 0 Å². The molecule has 3 saturated heterocycles. The fourth-order valence-electron chi connectivity index (χ4n) is 18.6. The molecule has 9 aromatic rings. The van der Waals surface area contributed by atoms with Crippen molar-refractivity contribution in [3.63, 3.8) is 0 Å². The van der Waals surface area contributed by atoms with Crippen molar-refractivity contribution in [2.24, 2.45) is 16.2 Å². The van der Waals surface area contributed by atoms with E-state index in [9.17, 15) is 52.7 Å². The normalized spacial score (nSPS) is 22.7. The third kappa shape index (κ3) is 25.1. The van der Waals surface area contributed by atoms with Gasteiger partial charge in [-0.3, -0.25) is 62.2 Å². The number of carboxylic acid groups (broad SMARTS) is 1. The number of allylic oxidation sites excluding steroid dienone is 3. The number of carboxylic acids is 1. The third-order valence-electron chi connectivity index (χ3n) is 26.1. The number of rotatable bonds is 8. The minimum absolute atomic E-state index is 0. The maximum Gasteiger partial charge on any atom is 0.411 e. The van der Waals surface area contributed by atoms with Gasteiger partial charge in [-0.15, -0.1) is 12.4 Å². The van der Waals surface area contributed by atoms with E-state index in [1.54, 1.807) is 111 Å². The Morgan fingerprint density at radius 3 is 1.25 bits per heavy atom. The first-order valence-corrected chi connectivity index (χ1v) is 47.4. The summed E-state index contributed by atoms with van der Waals surface area (Å²) in [4.78, 5) is 180. The first-order chi connectivity index (χ1) is 63.4. The zero-order valence-electron chi connectivity index (χ0n) is 76.5. The molecule has 2 aromatic carbocycles. The average molecular weight is 2100 g/mol. The standard InChI is InChI=1S/C36H37BrN8O4.C25H33BrN4O4.C20H25BrN4O2.C16H14N4O3.4CH4.ClH/c1-21(46)33-26-14-23(25-18-38-22(2)39-19-25)8-10-27(26)44(42-33)20-32(48)45-28-16-36(17-29(36)45)12-6-4-5-7-13-43(3)31(47)15-24-9-11-30(37)40-34(24)41-35(28)49;1-24(2,3)34-23(33)30-17-14-25(15-18(25)30)11-7-5-6-8-12-29(4)20(31)13-16-9-10-19(26)27-21(16)28-22(17)32;1-25-9-5-3-2-4-8-20-11-14(22-15(20)12-20)19(27)24-18-13(10-17(25)26)6-7-16(21)23-18;1-9(21)16-13-5-11(12-6-17-10(2)18-7-12)3-4-14(13)20(19-16)8-15(22)23;;;;;/h6,8-12,14,18-19,28-29H,4-5,7,13,15-17,20H2,1-3H3,(H,40,41,49);7,9-11,17-18H,5-6,8,12-15H2,1-4H3,(H,27,28,32);4,6-8,14-15,22H,2-3,5,9-12H2,1H3,(H,23,24,27);3-7H,8H2,1-2H3,(H,22,23);4*1H4;1H/t28-,29+,36-;17-,18+,25-;14-,15+,20-;;;;;;/m000....../s1. The molecular formula is C101H126Br3ClN20O13. The number of benzene rings is 2. The Morgan fingerprint density at radius 2 is 0.855 bits per heavy atom. The van der Waals surface area contributed by atoms with Crippen LogP contribution in [0.3, 0.4) is 0 Å². The number of carbonyl (C=O) groups excluding carboxylic acids is 10. The van der Waals surface area contributed by atoms with Gasteiger partial charge in [0.1, 0.15) is 85.1 Å². The second-order valence-corrected chi connectivity index (χ2v) is 39.5. The summed E-state index contributed by atoms with van der Waals surface area (Å²) in [7, 11) is 5.44. The van der Waals surface area contributed by atoms with Gasteiger partial charge in [0.25, 0.3) is 0 Å². The number of aliphatic carboxylic acids is 1. The summed E-state index contributed by atoms with van der Waals surface area (Å²) in [6.07, 6.45) is 33.2. The molecule has 0 radical (unpaired) electrons. The minimum atomic E-state index is -1.01. The summed E-state index contributed by atoms with van der Waals surface area (Å²) in [5.74, 6) is -0.0626. The Labute approximate surface area is 837 Å². The fourth-order valence-corrected chi connectivity index (χ4v) is 19.5. The van der Waals surface area contributed by atoms with E-state index in [0.29, 0.717) is 108 Å². The van der Waals surface area contributed by atoms with Crippen molar-refractivity contribution in [2.75, 3.05) is 56.7 Å². The number of carbonyl (C=O) groups is 11. The van der Waals surface area contributed by atoms with Gasteiger partial charge < -0.3 is 50.7 Å². The molecule has 9 atom stereocenters. The fraction of sp³-hybridized carbons (Fsp3) is 0.465. The Hall–Kier alpha value is -11.7. The molecular weight excluding hydrogens is 1980 g/mol. The van der Waals surface area contributed by atoms with Crippen LogP contribution in [0.1, 0.15) is 210 Å². The maximum atomic E-state index is 14.3. The van der Waals surface area contributed by atoms with Crippen LogP contribution in [0.4, 0.5) is 22.2 Å². The highest BCUT2D eigenvalue weighted by molar-refractivity contribution is 9.11. The predicted octanol–water partition coefficient (Wildman–Crippen LogP) is 16.9. The Kier molecular flexibility index (Phi) is 35.7. The number of nitrogens with one attached hydrogen (secondary N) is 4. The van der Waals surface area contributed by atoms with Gasteiger partial charge in [-0.1, -0.05) is 96.5 Å². The highest BCUT2D eigenvalue weighted by atomic mass is 79.9. The number of hydrogen-bond acceptors (Lipinski definition) is 22. The number of likely N-dealkylation sites (N-methyl/N-ethyl adjacent to an activating group) is 3. The zero-order chi connectivity index (χ0) is 94.7. The zero-order valence-corrected chi connectivity index (χ0v) is 82.0. The minimum Gasteiger partial charge on any atom is -0.480 e. The monoisotopic (exact) mass is 2100 g/mol. The second-order valence-electron chi connectivity index (χ2n) is 37.0. The number of halogens is 4. The summed E-state index contributed by atoms with van der Waals surface area (Å²) in [5.41, 5.74) is 6.08. The number of aromatic nitrogens is 11. The second kappa shape index (κ2) is 45.5. The summed E-state index contributed by atoms with van der Waals surface area (Å²) in [6.45, 7) is 13.6. The highest BCUT2D eigenvalue weighted by Crippen LogP contribution is 2.63. The average Bonchev–Trinajstić information content (AvgIpc) is 1.54. The van der Waals surface area contributed by atoms with Crippen LogP contribution in [0.15, 0.2) is 148 Å². The molecule has 3 saturated carbocycles. The molecule has 18 rings (SSSR count). The van der Waals surface area contributed by atoms with Crippen LogP contribution >= 0.6 is 60.2 Å². The van der Waals surface area contributed by atoms with Gasteiger partial charge in [-0.25, -0.2) is 39.7 Å². The topological polar surface area (TPSA) is 407 Å². The number of nitrogens with zero attached hydrogens (tertiary/aromatic N) is 16. The van der Waals surface area contributed by atoms with Crippen molar-refractivity contribution in [3.8, 4) is 22.3 Å². The number of ether oxygens (including phenoxy) is 1. The van der Waals surface area contributed by atoms with E-state index in [1.807, 2.05) is 71.1 Å². The first-order valence-electron chi connectivity index (χ1n) is 45.0. The van der Waals surface area contributed by atoms with Gasteiger partial charge in [0.05, 0.1) is 36.3 Å². The third-order valence-corrected chi connectivity index (χ3v) is 27.4. The lowest BCUT2D eigenvalue weighted by Gasteiger charge is -2.30. The van der Waals surface area contributed by atoms with Crippen LogP contribution in [0.2, 0.25) is 0 Å². The number of ketones is 2. The molecule has 33 nitrogen and oxygen atoms in total. The Morgan fingerprint density at radius 1 is 0.478 bits per heavy atom. The van der Waals surface area contributed by atoms with Gasteiger partial charge in [-0.05, 0) is 232 Å². The van der Waals surface area contributed by atoms with E-state index in [1.165, 1.54) is 18.5 Å². The summed E-state index contributed by atoms with van der Waals surface area (Å²) < 4.78 is 10.3. The number of piperidine rings is 3. The van der Waals surface area contributed by atoms with Crippen molar-refractivity contribution in [3.05, 3.63) is 188 Å². The van der Waals surface area contributed by atoms with Gasteiger partial charge in [0.2, 0.25) is 41.4 Å². The molecule has 9 aliphatic rings. The molecule has 37 heteroatoms. The quantitative estimate of drug-likeness (QED) is 0.0536. The van der Waals surface area contributed by atoms with Crippen molar-refractivity contribution >= 4 is 164 Å². The lowest BCUT2D eigenvalue weighted by atomic mass is 9.97. The van der Waals surface area contributed by atoms with Crippen LogP contribution in [0.25, 0.3) is 44.1 Å². The summed E-state index contributed by atoms with van der Waals surface area (Å²) in [6, 6.07) is 20.4. The Bertz CT molecular complexity index is 6180. The lowest BCUT2D eigenvalue weighted by Crippen LogP contribution is -2.47. The van der Waals surface area contributed by atoms with Crippen molar-refractivity contribution < 1.29 is 62.6 Å². The number of aryl methyl sites for hydroxylation is 2. The smallest absolute Gasteiger partial charge is 0.411 e. The van der Waals surface area contributed by atoms with E-state index in [2.05, 4.69) is 151 Å².